The van der Waals surface area contributed by atoms with E-state index in [-0.39, 0.29) is 6.61 Å². The summed E-state index contributed by atoms with van der Waals surface area (Å²) >= 11 is 1.62. The molecule has 0 amide bonds. The molecule has 0 aliphatic rings. The molecule has 0 aliphatic heterocycles. The molecule has 98 valence electrons. The summed E-state index contributed by atoms with van der Waals surface area (Å²) < 4.78 is 5.81. The van der Waals surface area contributed by atoms with Gasteiger partial charge in [-0.05, 0) is 31.5 Å². The van der Waals surface area contributed by atoms with Gasteiger partial charge in [-0.3, -0.25) is 0 Å². The summed E-state index contributed by atoms with van der Waals surface area (Å²) in [5.41, 5.74) is 3.32. The number of aryl methyl sites for hydroxylation is 2. The minimum Gasteiger partial charge on any atom is -0.488 e. The maximum atomic E-state index is 8.64. The lowest BCUT2D eigenvalue weighted by atomic mass is 10.1. The first-order chi connectivity index (χ1) is 9.19. The highest BCUT2D eigenvalue weighted by Gasteiger charge is 2.02. The van der Waals surface area contributed by atoms with E-state index in [0.717, 1.165) is 21.8 Å². The van der Waals surface area contributed by atoms with Crippen LogP contribution in [-0.4, -0.2) is 11.7 Å². The third kappa shape index (κ3) is 3.85. The van der Waals surface area contributed by atoms with Crippen molar-refractivity contribution in [1.29, 1.82) is 0 Å². The molecule has 0 unspecified atom stereocenters. The van der Waals surface area contributed by atoms with Crippen LogP contribution in [0.2, 0.25) is 0 Å². The van der Waals surface area contributed by atoms with E-state index in [0.29, 0.717) is 6.61 Å². The van der Waals surface area contributed by atoms with Crippen LogP contribution in [0.1, 0.15) is 21.6 Å². The molecule has 0 atom stereocenters. The fourth-order valence-electron chi connectivity index (χ4n) is 1.77. The van der Waals surface area contributed by atoms with Crippen LogP contribution in [0.15, 0.2) is 29.6 Å². The van der Waals surface area contributed by atoms with E-state index in [1.165, 1.54) is 5.56 Å². The molecule has 2 rings (SSSR count). The number of benzene rings is 1. The van der Waals surface area contributed by atoms with Crippen LogP contribution in [0, 0.1) is 25.7 Å². The predicted molar refractivity (Wildman–Crippen MR) is 78.5 cm³/mol. The molecule has 0 radical (unpaired) electrons. The van der Waals surface area contributed by atoms with Crippen molar-refractivity contribution in [2.24, 2.45) is 0 Å². The van der Waals surface area contributed by atoms with Gasteiger partial charge in [-0.1, -0.05) is 29.5 Å². The number of aliphatic hydroxyl groups excluding tert-OH is 1. The second-order valence-electron chi connectivity index (χ2n) is 4.32. The SMILES string of the molecule is Cc1ccc(OCc2cc(C#CCO)cs2)c(C)c1. The first kappa shape index (κ1) is 13.7. The summed E-state index contributed by atoms with van der Waals surface area (Å²) in [6.07, 6.45) is 0. The van der Waals surface area contributed by atoms with Gasteiger partial charge in [0.05, 0.1) is 0 Å². The number of hydrogen-bond donors (Lipinski definition) is 1. The molecule has 0 spiro atoms. The largest absolute Gasteiger partial charge is 0.488 e. The maximum Gasteiger partial charge on any atom is 0.122 e. The summed E-state index contributed by atoms with van der Waals surface area (Å²) in [5.74, 6) is 6.44. The monoisotopic (exact) mass is 272 g/mol. The molecule has 19 heavy (non-hydrogen) atoms. The molecule has 2 aromatic rings. The van der Waals surface area contributed by atoms with Gasteiger partial charge < -0.3 is 9.84 Å². The van der Waals surface area contributed by atoms with E-state index in [4.69, 9.17) is 9.84 Å². The molecule has 0 aliphatic carbocycles. The fraction of sp³-hybridized carbons (Fsp3) is 0.250. The third-order valence-electron chi connectivity index (χ3n) is 2.67. The van der Waals surface area contributed by atoms with Crippen molar-refractivity contribution in [1.82, 2.24) is 0 Å². The molecule has 1 aromatic carbocycles. The van der Waals surface area contributed by atoms with Gasteiger partial charge in [0, 0.05) is 15.8 Å². The van der Waals surface area contributed by atoms with Gasteiger partial charge in [0.2, 0.25) is 0 Å². The van der Waals surface area contributed by atoms with Crippen LogP contribution < -0.4 is 4.74 Å². The number of hydrogen-bond acceptors (Lipinski definition) is 3. The van der Waals surface area contributed by atoms with Crippen LogP contribution in [0.25, 0.3) is 0 Å². The molecule has 0 saturated heterocycles. The number of aliphatic hydroxyl groups is 1. The molecule has 1 aromatic heterocycles. The fourth-order valence-corrected chi connectivity index (χ4v) is 2.50. The molecule has 2 nitrogen and oxygen atoms in total. The van der Waals surface area contributed by atoms with Crippen molar-refractivity contribution in [2.75, 3.05) is 6.61 Å². The highest BCUT2D eigenvalue weighted by molar-refractivity contribution is 7.10. The Morgan fingerprint density at radius 3 is 2.84 bits per heavy atom. The van der Waals surface area contributed by atoms with Crippen molar-refractivity contribution >= 4 is 11.3 Å². The van der Waals surface area contributed by atoms with Crippen molar-refractivity contribution in [3.8, 4) is 17.6 Å². The Morgan fingerprint density at radius 1 is 1.26 bits per heavy atom. The quantitative estimate of drug-likeness (QED) is 0.869. The van der Waals surface area contributed by atoms with Gasteiger partial charge in [-0.2, -0.15) is 0 Å². The standard InChI is InChI=1S/C16H16O2S/c1-12-5-6-16(13(2)8-12)18-10-15-9-14(11-19-15)4-3-7-17/h5-6,8-9,11,17H,7,10H2,1-2H3. The molecule has 1 heterocycles. The first-order valence-corrected chi connectivity index (χ1v) is 6.94. The van der Waals surface area contributed by atoms with Crippen LogP contribution in [0.5, 0.6) is 5.75 Å². The second kappa shape index (κ2) is 6.42. The van der Waals surface area contributed by atoms with Crippen molar-refractivity contribution in [2.45, 2.75) is 20.5 Å². The lowest BCUT2D eigenvalue weighted by Crippen LogP contribution is -1.95. The van der Waals surface area contributed by atoms with Crippen molar-refractivity contribution in [3.05, 3.63) is 51.2 Å². The molecular weight excluding hydrogens is 256 g/mol. The maximum absolute atomic E-state index is 8.64. The molecule has 3 heteroatoms. The van der Waals surface area contributed by atoms with E-state index in [1.807, 2.05) is 17.5 Å². The minimum atomic E-state index is -0.107. The summed E-state index contributed by atoms with van der Waals surface area (Å²) in [6, 6.07) is 8.17. The average Bonchev–Trinajstić information content (AvgIpc) is 2.83. The minimum absolute atomic E-state index is 0.107. The Bertz CT molecular complexity index is 617. The summed E-state index contributed by atoms with van der Waals surface area (Å²) in [5, 5.41) is 10.6. The predicted octanol–water partition coefficient (Wildman–Crippen LogP) is 3.29. The highest BCUT2D eigenvalue weighted by Crippen LogP contribution is 2.22. The molecule has 1 N–H and O–H groups in total. The topological polar surface area (TPSA) is 29.5 Å². The Morgan fingerprint density at radius 2 is 2.11 bits per heavy atom. The first-order valence-electron chi connectivity index (χ1n) is 6.06. The van der Waals surface area contributed by atoms with Gasteiger partial charge in [0.1, 0.15) is 19.0 Å². The Balaban J connectivity index is 2.00. The lowest BCUT2D eigenvalue weighted by Gasteiger charge is -2.08. The van der Waals surface area contributed by atoms with Gasteiger partial charge in [-0.15, -0.1) is 11.3 Å². The van der Waals surface area contributed by atoms with Crippen LogP contribution >= 0.6 is 11.3 Å². The summed E-state index contributed by atoms with van der Waals surface area (Å²) in [6.45, 7) is 4.57. The second-order valence-corrected chi connectivity index (χ2v) is 5.31. The average molecular weight is 272 g/mol. The summed E-state index contributed by atoms with van der Waals surface area (Å²) in [4.78, 5) is 1.13. The summed E-state index contributed by atoms with van der Waals surface area (Å²) in [7, 11) is 0. The Kier molecular flexibility index (Phi) is 4.62. The highest BCUT2D eigenvalue weighted by atomic mass is 32.1. The van der Waals surface area contributed by atoms with Crippen LogP contribution in [0.3, 0.4) is 0 Å². The number of thiophene rings is 1. The van der Waals surface area contributed by atoms with Gasteiger partial charge in [0.15, 0.2) is 0 Å². The molecule has 0 saturated carbocycles. The number of rotatable bonds is 3. The normalized spacial score (nSPS) is 9.84. The van der Waals surface area contributed by atoms with Crippen molar-refractivity contribution in [3.63, 3.8) is 0 Å². The Labute approximate surface area is 117 Å². The third-order valence-corrected chi connectivity index (χ3v) is 3.58. The lowest BCUT2D eigenvalue weighted by molar-refractivity contribution is 0.307. The van der Waals surface area contributed by atoms with Crippen LogP contribution in [-0.2, 0) is 6.61 Å². The van der Waals surface area contributed by atoms with E-state index in [1.54, 1.807) is 11.3 Å². The molecule has 0 fully saturated rings. The Hall–Kier alpha value is -1.76. The zero-order valence-corrected chi connectivity index (χ0v) is 11.9. The smallest absolute Gasteiger partial charge is 0.122 e. The van der Waals surface area contributed by atoms with Gasteiger partial charge in [-0.25, -0.2) is 0 Å². The zero-order valence-electron chi connectivity index (χ0n) is 11.1. The van der Waals surface area contributed by atoms with Crippen LogP contribution in [0.4, 0.5) is 0 Å². The van der Waals surface area contributed by atoms with E-state index in [9.17, 15) is 0 Å². The van der Waals surface area contributed by atoms with E-state index in [2.05, 4.69) is 37.8 Å². The molecular formula is C16H16O2S. The van der Waals surface area contributed by atoms with Crippen molar-refractivity contribution < 1.29 is 9.84 Å². The van der Waals surface area contributed by atoms with E-state index < -0.39 is 0 Å². The van der Waals surface area contributed by atoms with Gasteiger partial charge >= 0.3 is 0 Å². The van der Waals surface area contributed by atoms with E-state index >= 15 is 0 Å². The number of ether oxygens (including phenoxy) is 1. The molecule has 0 bridgehead atoms. The van der Waals surface area contributed by atoms with Gasteiger partial charge in [0.25, 0.3) is 0 Å². The zero-order chi connectivity index (χ0) is 13.7.